The summed E-state index contributed by atoms with van der Waals surface area (Å²) in [7, 11) is 0. The monoisotopic (exact) mass is 195 g/mol. The fraction of sp³-hybridized carbons (Fsp3) is 0.111. The average Bonchev–Trinajstić information content (AvgIpc) is 2.52. The Labute approximate surface area is 79.0 Å². The van der Waals surface area contributed by atoms with Crippen LogP contribution in [0.1, 0.15) is 5.82 Å². The molecule has 72 valence electrons. The van der Waals surface area contributed by atoms with Crippen molar-refractivity contribution in [2.75, 3.05) is 0 Å². The van der Waals surface area contributed by atoms with Gasteiger partial charge in [-0.25, -0.2) is 18.4 Å². The van der Waals surface area contributed by atoms with Gasteiger partial charge in [0.15, 0.2) is 11.6 Å². The highest BCUT2D eigenvalue weighted by Crippen LogP contribution is 2.16. The van der Waals surface area contributed by atoms with Gasteiger partial charge in [0.05, 0.1) is 0 Å². The molecule has 0 aliphatic carbocycles. The lowest BCUT2D eigenvalue weighted by atomic mass is 10.3. The molecule has 14 heavy (non-hydrogen) atoms. The summed E-state index contributed by atoms with van der Waals surface area (Å²) in [6, 6.07) is 3.67. The largest absolute Gasteiger partial charge is 0.220 e. The smallest absolute Gasteiger partial charge is 0.151 e. The van der Waals surface area contributed by atoms with Crippen LogP contribution in [-0.4, -0.2) is 14.8 Å². The highest BCUT2D eigenvalue weighted by Gasteiger charge is 2.12. The van der Waals surface area contributed by atoms with Gasteiger partial charge >= 0.3 is 0 Å². The van der Waals surface area contributed by atoms with E-state index in [-0.39, 0.29) is 5.69 Å². The van der Waals surface area contributed by atoms with Crippen LogP contribution in [-0.2, 0) is 0 Å². The second kappa shape index (κ2) is 3.17. The molecule has 0 spiro atoms. The average molecular weight is 195 g/mol. The van der Waals surface area contributed by atoms with Crippen LogP contribution in [0, 0.1) is 18.6 Å². The van der Waals surface area contributed by atoms with E-state index >= 15 is 0 Å². The zero-order chi connectivity index (χ0) is 10.1. The minimum absolute atomic E-state index is 0.192. The van der Waals surface area contributed by atoms with Crippen LogP contribution in [0.15, 0.2) is 24.5 Å². The standard InChI is InChI=1S/C9H7F2N3/c1-6-12-5-13-14(6)9-7(10)3-2-4-8(9)11/h2-5H,1H3. The van der Waals surface area contributed by atoms with Crippen LogP contribution < -0.4 is 0 Å². The quantitative estimate of drug-likeness (QED) is 0.695. The highest BCUT2D eigenvalue weighted by molar-refractivity contribution is 5.34. The van der Waals surface area contributed by atoms with E-state index in [1.165, 1.54) is 24.5 Å². The maximum absolute atomic E-state index is 13.3. The Kier molecular flexibility index (Phi) is 1.99. The summed E-state index contributed by atoms with van der Waals surface area (Å²) in [5.74, 6) is -0.869. The van der Waals surface area contributed by atoms with Crippen LogP contribution >= 0.6 is 0 Å². The van der Waals surface area contributed by atoms with Gasteiger partial charge in [0.2, 0.25) is 0 Å². The number of hydrogen-bond acceptors (Lipinski definition) is 2. The van der Waals surface area contributed by atoms with Crippen molar-refractivity contribution in [3.8, 4) is 5.69 Å². The zero-order valence-corrected chi connectivity index (χ0v) is 7.41. The van der Waals surface area contributed by atoms with Gasteiger partial charge in [0, 0.05) is 0 Å². The van der Waals surface area contributed by atoms with E-state index in [0.717, 1.165) is 4.68 Å². The zero-order valence-electron chi connectivity index (χ0n) is 7.41. The van der Waals surface area contributed by atoms with Crippen molar-refractivity contribution < 1.29 is 8.78 Å². The van der Waals surface area contributed by atoms with Crippen LogP contribution in [0.4, 0.5) is 8.78 Å². The van der Waals surface area contributed by atoms with Gasteiger partial charge in [-0.3, -0.25) is 0 Å². The van der Waals surface area contributed by atoms with Crippen LogP contribution in [0.5, 0.6) is 0 Å². The lowest BCUT2D eigenvalue weighted by Crippen LogP contribution is -2.04. The maximum atomic E-state index is 13.3. The molecule has 0 radical (unpaired) electrons. The van der Waals surface area contributed by atoms with E-state index < -0.39 is 11.6 Å². The van der Waals surface area contributed by atoms with Crippen molar-refractivity contribution in [1.82, 2.24) is 14.8 Å². The summed E-state index contributed by atoms with van der Waals surface area (Å²) in [4.78, 5) is 3.79. The van der Waals surface area contributed by atoms with E-state index in [9.17, 15) is 8.78 Å². The van der Waals surface area contributed by atoms with E-state index in [1.54, 1.807) is 6.92 Å². The molecule has 0 N–H and O–H groups in total. The molecule has 2 aromatic rings. The molecule has 3 nitrogen and oxygen atoms in total. The van der Waals surface area contributed by atoms with E-state index in [1.807, 2.05) is 0 Å². The fourth-order valence-electron chi connectivity index (χ4n) is 1.21. The molecule has 0 saturated carbocycles. The van der Waals surface area contributed by atoms with Gasteiger partial charge in [-0.05, 0) is 19.1 Å². The van der Waals surface area contributed by atoms with Gasteiger partial charge < -0.3 is 0 Å². The normalized spacial score (nSPS) is 10.5. The second-order valence-electron chi connectivity index (χ2n) is 2.79. The first kappa shape index (κ1) is 8.80. The van der Waals surface area contributed by atoms with E-state index in [0.29, 0.717) is 5.82 Å². The molecule has 1 heterocycles. The van der Waals surface area contributed by atoms with Gasteiger partial charge in [0.25, 0.3) is 0 Å². The first-order valence-electron chi connectivity index (χ1n) is 4.01. The molecule has 0 amide bonds. The van der Waals surface area contributed by atoms with Crippen LogP contribution in [0.3, 0.4) is 0 Å². The van der Waals surface area contributed by atoms with Gasteiger partial charge in [-0.2, -0.15) is 5.10 Å². The molecule has 0 fully saturated rings. The Hall–Kier alpha value is -1.78. The Bertz CT molecular complexity index is 445. The summed E-state index contributed by atoms with van der Waals surface area (Å²) >= 11 is 0. The molecule has 0 bridgehead atoms. The van der Waals surface area contributed by atoms with Crippen molar-refractivity contribution in [2.24, 2.45) is 0 Å². The summed E-state index contributed by atoms with van der Waals surface area (Å²) < 4.78 is 27.7. The molecule has 0 aliphatic heterocycles. The molecule has 0 aliphatic rings. The predicted molar refractivity (Wildman–Crippen MR) is 46.0 cm³/mol. The number of para-hydroxylation sites is 1. The summed E-state index contributed by atoms with van der Waals surface area (Å²) in [6.07, 6.45) is 1.25. The molecular weight excluding hydrogens is 188 g/mol. The van der Waals surface area contributed by atoms with Crippen molar-refractivity contribution in [1.29, 1.82) is 0 Å². The minimum Gasteiger partial charge on any atom is -0.220 e. The Balaban J connectivity index is 2.68. The third kappa shape index (κ3) is 1.26. The van der Waals surface area contributed by atoms with E-state index in [4.69, 9.17) is 0 Å². The molecule has 0 atom stereocenters. The van der Waals surface area contributed by atoms with Crippen LogP contribution in [0.25, 0.3) is 5.69 Å². The van der Waals surface area contributed by atoms with Gasteiger partial charge in [-0.1, -0.05) is 6.07 Å². The Morgan fingerprint density at radius 2 is 1.86 bits per heavy atom. The molecule has 5 heteroatoms. The van der Waals surface area contributed by atoms with Gasteiger partial charge in [-0.15, -0.1) is 0 Å². The summed E-state index contributed by atoms with van der Waals surface area (Å²) in [6.45, 7) is 1.62. The highest BCUT2D eigenvalue weighted by atomic mass is 19.1. The van der Waals surface area contributed by atoms with Gasteiger partial charge in [0.1, 0.15) is 17.8 Å². The number of rotatable bonds is 1. The lowest BCUT2D eigenvalue weighted by Gasteiger charge is -2.04. The molecule has 0 saturated heterocycles. The number of hydrogen-bond donors (Lipinski definition) is 0. The first-order valence-corrected chi connectivity index (χ1v) is 4.01. The number of halogens is 2. The number of benzene rings is 1. The Morgan fingerprint density at radius 3 is 2.36 bits per heavy atom. The van der Waals surface area contributed by atoms with E-state index in [2.05, 4.69) is 10.1 Å². The first-order chi connectivity index (χ1) is 6.70. The molecule has 0 unspecified atom stereocenters. The van der Waals surface area contributed by atoms with Crippen molar-refractivity contribution in [2.45, 2.75) is 6.92 Å². The Morgan fingerprint density at radius 1 is 1.21 bits per heavy atom. The summed E-state index contributed by atoms with van der Waals surface area (Å²) in [5.41, 5.74) is -0.192. The minimum atomic E-state index is -0.654. The predicted octanol–water partition coefficient (Wildman–Crippen LogP) is 1.85. The van der Waals surface area contributed by atoms with Crippen molar-refractivity contribution in [3.63, 3.8) is 0 Å². The third-order valence-corrected chi connectivity index (χ3v) is 1.87. The lowest BCUT2D eigenvalue weighted by molar-refractivity contribution is 0.557. The molecule has 1 aromatic carbocycles. The summed E-state index contributed by atoms with van der Waals surface area (Å²) in [5, 5.41) is 3.73. The van der Waals surface area contributed by atoms with Crippen molar-refractivity contribution in [3.05, 3.63) is 42.0 Å². The maximum Gasteiger partial charge on any atom is 0.151 e. The topological polar surface area (TPSA) is 30.7 Å². The third-order valence-electron chi connectivity index (χ3n) is 1.87. The SMILES string of the molecule is Cc1ncnn1-c1c(F)cccc1F. The van der Waals surface area contributed by atoms with Crippen LogP contribution in [0.2, 0.25) is 0 Å². The fourth-order valence-corrected chi connectivity index (χ4v) is 1.21. The number of nitrogens with zero attached hydrogens (tertiary/aromatic N) is 3. The molecular formula is C9H7F2N3. The number of aromatic nitrogens is 3. The van der Waals surface area contributed by atoms with Crippen molar-refractivity contribution >= 4 is 0 Å². The molecule has 1 aromatic heterocycles. The second-order valence-corrected chi connectivity index (χ2v) is 2.79. The number of aryl methyl sites for hydroxylation is 1. The molecule has 2 rings (SSSR count).